The molecule has 0 aliphatic carbocycles. The van der Waals surface area contributed by atoms with Gasteiger partial charge >= 0.3 is 0 Å². The van der Waals surface area contributed by atoms with E-state index in [1.54, 1.807) is 11.8 Å². The molecule has 0 heterocycles. The molecule has 0 nitrogen and oxygen atoms in total. The quantitative estimate of drug-likeness (QED) is 0.510. The first kappa shape index (κ1) is 6.09. The first-order valence-electron chi connectivity index (χ1n) is 1.85. The Balaban J connectivity index is 2.66. The van der Waals surface area contributed by atoms with E-state index < -0.39 is 0 Å². The van der Waals surface area contributed by atoms with Crippen molar-refractivity contribution in [2.75, 3.05) is 12.0 Å². The number of thioether (sulfide) groups is 1. The number of hydrogen-bond acceptors (Lipinski definition) is 1. The van der Waals surface area contributed by atoms with Crippen molar-refractivity contribution in [3.05, 3.63) is 19.1 Å². The Hall–Kier alpha value is 0.0900. The Morgan fingerprint density at radius 2 is 2.50 bits per heavy atom. The summed E-state index contributed by atoms with van der Waals surface area (Å²) in [6.07, 6.45) is 5.92. The van der Waals surface area contributed by atoms with Crippen molar-refractivity contribution in [2.24, 2.45) is 0 Å². The molecule has 0 rings (SSSR count). The molecular formula is C5H9S. The molecule has 0 aromatic heterocycles. The second-order valence-electron chi connectivity index (χ2n) is 0.927. The molecular weight excluding hydrogens is 92.1 g/mol. The second kappa shape index (κ2) is 5.09. The molecule has 1 radical (unpaired) electrons. The van der Waals surface area contributed by atoms with Gasteiger partial charge in [-0.15, -0.1) is 0 Å². The number of hydrogen-bond donors (Lipinski definition) is 0. The summed E-state index contributed by atoms with van der Waals surface area (Å²) in [4.78, 5) is 0. The van der Waals surface area contributed by atoms with Gasteiger partial charge in [0.15, 0.2) is 0 Å². The van der Waals surface area contributed by atoms with Gasteiger partial charge in [-0.25, -0.2) is 0 Å². The summed E-state index contributed by atoms with van der Waals surface area (Å²) in [6, 6.07) is 0. The van der Waals surface area contributed by atoms with Crippen molar-refractivity contribution in [3.8, 4) is 0 Å². The average molecular weight is 101 g/mol. The maximum atomic E-state index is 3.53. The SMILES string of the molecule is [CH2]/C=C/CSC. The zero-order valence-electron chi connectivity index (χ0n) is 3.98. The molecule has 0 aliphatic heterocycles. The van der Waals surface area contributed by atoms with E-state index in [9.17, 15) is 0 Å². The summed E-state index contributed by atoms with van der Waals surface area (Å²) in [5.41, 5.74) is 0. The van der Waals surface area contributed by atoms with Crippen LogP contribution in [0.1, 0.15) is 0 Å². The van der Waals surface area contributed by atoms with E-state index in [-0.39, 0.29) is 0 Å². The van der Waals surface area contributed by atoms with Crippen LogP contribution in [-0.2, 0) is 0 Å². The second-order valence-corrected chi connectivity index (χ2v) is 1.84. The van der Waals surface area contributed by atoms with Gasteiger partial charge in [0.25, 0.3) is 0 Å². The minimum Gasteiger partial charge on any atom is -0.161 e. The van der Waals surface area contributed by atoms with E-state index in [1.165, 1.54) is 0 Å². The minimum atomic E-state index is 1.09. The summed E-state index contributed by atoms with van der Waals surface area (Å²) >= 11 is 1.80. The van der Waals surface area contributed by atoms with Gasteiger partial charge in [-0.1, -0.05) is 12.2 Å². The van der Waals surface area contributed by atoms with Crippen LogP contribution in [0.5, 0.6) is 0 Å². The molecule has 0 fully saturated rings. The van der Waals surface area contributed by atoms with Gasteiger partial charge in [-0.2, -0.15) is 11.8 Å². The van der Waals surface area contributed by atoms with Crippen LogP contribution in [0.3, 0.4) is 0 Å². The Bertz CT molecular complexity index is 39.2. The van der Waals surface area contributed by atoms with E-state index in [4.69, 9.17) is 0 Å². The van der Waals surface area contributed by atoms with Crippen LogP contribution in [0.2, 0.25) is 0 Å². The lowest BCUT2D eigenvalue weighted by Gasteiger charge is -1.77. The van der Waals surface area contributed by atoms with Crippen LogP contribution < -0.4 is 0 Å². The van der Waals surface area contributed by atoms with Gasteiger partial charge < -0.3 is 0 Å². The highest BCUT2D eigenvalue weighted by Gasteiger charge is 1.64. The molecule has 0 saturated heterocycles. The van der Waals surface area contributed by atoms with Crippen molar-refractivity contribution in [3.63, 3.8) is 0 Å². The van der Waals surface area contributed by atoms with Gasteiger partial charge in [-0.05, 0) is 13.2 Å². The monoisotopic (exact) mass is 101 g/mol. The van der Waals surface area contributed by atoms with Crippen LogP contribution in [0.25, 0.3) is 0 Å². The van der Waals surface area contributed by atoms with Crippen molar-refractivity contribution < 1.29 is 0 Å². The van der Waals surface area contributed by atoms with Gasteiger partial charge in [0.1, 0.15) is 0 Å². The Labute approximate surface area is 43.6 Å². The van der Waals surface area contributed by atoms with Crippen LogP contribution in [0.15, 0.2) is 12.2 Å². The molecule has 0 N–H and O–H groups in total. The molecule has 0 unspecified atom stereocenters. The third kappa shape index (κ3) is 4.09. The number of allylic oxidation sites excluding steroid dienone is 1. The van der Waals surface area contributed by atoms with Crippen LogP contribution in [0.4, 0.5) is 0 Å². The fourth-order valence-electron chi connectivity index (χ4n) is 0.164. The Morgan fingerprint density at radius 1 is 1.83 bits per heavy atom. The Morgan fingerprint density at radius 3 is 2.67 bits per heavy atom. The molecule has 35 valence electrons. The average Bonchev–Trinajstić information content (AvgIpc) is 1.61. The highest BCUT2D eigenvalue weighted by Crippen LogP contribution is 1.89. The first-order chi connectivity index (χ1) is 2.91. The molecule has 0 bridgehead atoms. The van der Waals surface area contributed by atoms with Crippen LogP contribution in [-0.4, -0.2) is 12.0 Å². The fourth-order valence-corrected chi connectivity index (χ4v) is 0.493. The lowest BCUT2D eigenvalue weighted by Crippen LogP contribution is -1.60. The van der Waals surface area contributed by atoms with Crippen molar-refractivity contribution >= 4 is 11.8 Å². The molecule has 0 amide bonds. The lowest BCUT2D eigenvalue weighted by molar-refractivity contribution is 1.77. The lowest BCUT2D eigenvalue weighted by atomic mass is 10.6. The minimum absolute atomic E-state index is 1.09. The maximum Gasteiger partial charge on any atom is 0.0110 e. The topological polar surface area (TPSA) is 0 Å². The molecule has 0 aromatic rings. The molecule has 1 heteroatoms. The zero-order chi connectivity index (χ0) is 4.83. The van der Waals surface area contributed by atoms with Gasteiger partial charge in [-0.3, -0.25) is 0 Å². The zero-order valence-corrected chi connectivity index (χ0v) is 4.79. The smallest absolute Gasteiger partial charge is 0.0110 e. The van der Waals surface area contributed by atoms with E-state index in [2.05, 4.69) is 13.2 Å². The number of rotatable bonds is 2. The molecule has 0 atom stereocenters. The predicted molar refractivity (Wildman–Crippen MR) is 32.9 cm³/mol. The van der Waals surface area contributed by atoms with Crippen molar-refractivity contribution in [1.82, 2.24) is 0 Å². The summed E-state index contributed by atoms with van der Waals surface area (Å²) in [6.45, 7) is 3.53. The van der Waals surface area contributed by atoms with E-state index in [0.717, 1.165) is 5.75 Å². The Kier molecular flexibility index (Phi) is 5.17. The first-order valence-corrected chi connectivity index (χ1v) is 3.24. The van der Waals surface area contributed by atoms with E-state index >= 15 is 0 Å². The molecule has 0 aliphatic rings. The van der Waals surface area contributed by atoms with Crippen LogP contribution >= 0.6 is 11.8 Å². The summed E-state index contributed by atoms with van der Waals surface area (Å²) in [5, 5.41) is 0. The van der Waals surface area contributed by atoms with Gasteiger partial charge in [0, 0.05) is 5.75 Å². The molecule has 6 heavy (non-hydrogen) atoms. The van der Waals surface area contributed by atoms with Gasteiger partial charge in [0.2, 0.25) is 0 Å². The van der Waals surface area contributed by atoms with Crippen molar-refractivity contribution in [1.29, 1.82) is 0 Å². The largest absolute Gasteiger partial charge is 0.161 e. The van der Waals surface area contributed by atoms with E-state index in [0.29, 0.717) is 0 Å². The molecule has 0 saturated carbocycles. The van der Waals surface area contributed by atoms with Crippen molar-refractivity contribution in [2.45, 2.75) is 0 Å². The third-order valence-electron chi connectivity index (χ3n) is 0.430. The summed E-state index contributed by atoms with van der Waals surface area (Å²) in [7, 11) is 0. The molecule has 0 aromatic carbocycles. The van der Waals surface area contributed by atoms with E-state index in [1.807, 2.05) is 12.2 Å². The summed E-state index contributed by atoms with van der Waals surface area (Å²) in [5.74, 6) is 1.09. The normalized spacial score (nSPS) is 10.3. The third-order valence-corrected chi connectivity index (χ3v) is 0.955. The summed E-state index contributed by atoms with van der Waals surface area (Å²) < 4.78 is 0. The van der Waals surface area contributed by atoms with Crippen LogP contribution in [0, 0.1) is 6.92 Å². The predicted octanol–water partition coefficient (Wildman–Crippen LogP) is 1.74. The highest BCUT2D eigenvalue weighted by molar-refractivity contribution is 7.98. The maximum absolute atomic E-state index is 3.53. The van der Waals surface area contributed by atoms with Gasteiger partial charge in [0.05, 0.1) is 0 Å². The fraction of sp³-hybridized carbons (Fsp3) is 0.400. The molecule has 0 spiro atoms. The standard InChI is InChI=1S/C5H9S/c1-3-4-5-6-2/h3-4H,1,5H2,2H3/b4-3+. The highest BCUT2D eigenvalue weighted by atomic mass is 32.2.